The first kappa shape index (κ1) is 15.3. The highest BCUT2D eigenvalue weighted by atomic mass is 35.5. The van der Waals surface area contributed by atoms with Crippen LogP contribution in [0.5, 0.6) is 5.75 Å². The van der Waals surface area contributed by atoms with E-state index in [9.17, 15) is 0 Å². The van der Waals surface area contributed by atoms with Crippen LogP contribution in [0.1, 0.15) is 22.8 Å². The predicted molar refractivity (Wildman–Crippen MR) is 88.5 cm³/mol. The molecule has 0 radical (unpaired) electrons. The fraction of sp³-hybridized carbons (Fsp3) is 0.333. The van der Waals surface area contributed by atoms with Crippen LogP contribution in [0.4, 0.5) is 0 Å². The summed E-state index contributed by atoms with van der Waals surface area (Å²) in [6.07, 6.45) is 0.0631. The minimum absolute atomic E-state index is 0.0631. The van der Waals surface area contributed by atoms with Crippen LogP contribution in [0.3, 0.4) is 0 Å². The molecule has 2 aromatic carbocycles. The first-order valence-corrected chi connectivity index (χ1v) is 7.91. The lowest BCUT2D eigenvalue weighted by Crippen LogP contribution is -2.33. The minimum Gasteiger partial charge on any atom is -0.487 e. The molecule has 4 heteroatoms. The van der Waals surface area contributed by atoms with Crippen molar-refractivity contribution in [2.45, 2.75) is 19.6 Å². The Labute approximate surface area is 136 Å². The van der Waals surface area contributed by atoms with Crippen LogP contribution in [0.2, 0.25) is 5.02 Å². The zero-order valence-electron chi connectivity index (χ0n) is 12.6. The van der Waals surface area contributed by atoms with E-state index in [1.54, 1.807) is 0 Å². The number of halogens is 1. The van der Waals surface area contributed by atoms with Crippen molar-refractivity contribution >= 4 is 11.6 Å². The van der Waals surface area contributed by atoms with Crippen molar-refractivity contribution in [2.24, 2.45) is 0 Å². The fourth-order valence-corrected chi connectivity index (χ4v) is 2.96. The monoisotopic (exact) mass is 317 g/mol. The Morgan fingerprint density at radius 1 is 1.27 bits per heavy atom. The number of hydrogen-bond acceptors (Lipinski definition) is 3. The standard InChI is InChI=1S/C18H20ClNO2/c1-13-9-15(17-11-20-7-8-21-17)10-16(19)18(13)22-12-14-5-3-2-4-6-14/h2-6,9-10,17,20H,7-8,11-12H2,1H3. The van der Waals surface area contributed by atoms with Crippen LogP contribution < -0.4 is 10.1 Å². The van der Waals surface area contributed by atoms with Gasteiger partial charge in [0.1, 0.15) is 12.4 Å². The number of rotatable bonds is 4. The molecule has 0 spiro atoms. The van der Waals surface area contributed by atoms with Gasteiger partial charge in [0.05, 0.1) is 17.7 Å². The minimum atomic E-state index is 0.0631. The molecule has 1 N–H and O–H groups in total. The van der Waals surface area contributed by atoms with Gasteiger partial charge in [0.15, 0.2) is 0 Å². The summed E-state index contributed by atoms with van der Waals surface area (Å²) in [6, 6.07) is 14.1. The summed E-state index contributed by atoms with van der Waals surface area (Å²) in [5, 5.41) is 3.97. The molecule has 116 valence electrons. The Morgan fingerprint density at radius 2 is 2.09 bits per heavy atom. The van der Waals surface area contributed by atoms with Gasteiger partial charge in [-0.3, -0.25) is 0 Å². The molecule has 1 fully saturated rings. The summed E-state index contributed by atoms with van der Waals surface area (Å²) in [7, 11) is 0. The van der Waals surface area contributed by atoms with Gasteiger partial charge < -0.3 is 14.8 Å². The molecule has 0 aromatic heterocycles. The zero-order chi connectivity index (χ0) is 15.4. The molecule has 0 bridgehead atoms. The summed E-state index contributed by atoms with van der Waals surface area (Å²) in [5.41, 5.74) is 3.26. The van der Waals surface area contributed by atoms with Gasteiger partial charge in [-0.05, 0) is 35.7 Å². The van der Waals surface area contributed by atoms with E-state index in [0.717, 1.165) is 42.1 Å². The quantitative estimate of drug-likeness (QED) is 0.928. The van der Waals surface area contributed by atoms with Crippen molar-refractivity contribution in [3.8, 4) is 5.75 Å². The van der Waals surface area contributed by atoms with Crippen LogP contribution in [-0.4, -0.2) is 19.7 Å². The molecular formula is C18H20ClNO2. The average molecular weight is 318 g/mol. The number of morpholine rings is 1. The van der Waals surface area contributed by atoms with Crippen molar-refractivity contribution in [3.05, 3.63) is 64.2 Å². The Hall–Kier alpha value is -1.55. The van der Waals surface area contributed by atoms with E-state index in [4.69, 9.17) is 21.1 Å². The predicted octanol–water partition coefficient (Wildman–Crippen LogP) is 3.89. The molecule has 0 aliphatic carbocycles. The van der Waals surface area contributed by atoms with E-state index in [2.05, 4.69) is 11.4 Å². The molecule has 22 heavy (non-hydrogen) atoms. The molecule has 1 aliphatic heterocycles. The van der Waals surface area contributed by atoms with Crippen molar-refractivity contribution in [1.29, 1.82) is 0 Å². The lowest BCUT2D eigenvalue weighted by molar-refractivity contribution is 0.0276. The van der Waals surface area contributed by atoms with Gasteiger partial charge in [0.25, 0.3) is 0 Å². The maximum absolute atomic E-state index is 6.42. The second-order valence-corrected chi connectivity index (χ2v) is 5.89. The Bertz CT molecular complexity index is 601. The van der Waals surface area contributed by atoms with Crippen LogP contribution in [0.25, 0.3) is 0 Å². The SMILES string of the molecule is Cc1cc(C2CNCCO2)cc(Cl)c1OCc1ccccc1. The van der Waals surface area contributed by atoms with Crippen LogP contribution in [-0.2, 0) is 11.3 Å². The van der Waals surface area contributed by atoms with Crippen molar-refractivity contribution in [2.75, 3.05) is 19.7 Å². The highest BCUT2D eigenvalue weighted by Crippen LogP contribution is 2.33. The van der Waals surface area contributed by atoms with E-state index in [1.807, 2.05) is 43.3 Å². The number of nitrogens with one attached hydrogen (secondary N) is 1. The normalized spacial score (nSPS) is 18.2. The summed E-state index contributed by atoms with van der Waals surface area (Å²) < 4.78 is 11.7. The molecule has 1 unspecified atom stereocenters. The molecule has 1 saturated heterocycles. The number of ether oxygens (including phenoxy) is 2. The number of hydrogen-bond donors (Lipinski definition) is 1. The lowest BCUT2D eigenvalue weighted by atomic mass is 10.0. The first-order valence-electron chi connectivity index (χ1n) is 7.53. The van der Waals surface area contributed by atoms with E-state index in [0.29, 0.717) is 11.6 Å². The first-order chi connectivity index (χ1) is 10.7. The largest absolute Gasteiger partial charge is 0.487 e. The summed E-state index contributed by atoms with van der Waals surface area (Å²) in [4.78, 5) is 0. The zero-order valence-corrected chi connectivity index (χ0v) is 13.4. The summed E-state index contributed by atoms with van der Waals surface area (Å²) >= 11 is 6.42. The maximum atomic E-state index is 6.42. The molecule has 1 heterocycles. The lowest BCUT2D eigenvalue weighted by Gasteiger charge is -2.25. The van der Waals surface area contributed by atoms with Crippen LogP contribution >= 0.6 is 11.6 Å². The van der Waals surface area contributed by atoms with Gasteiger partial charge >= 0.3 is 0 Å². The molecule has 1 aliphatic rings. The molecule has 1 atom stereocenters. The smallest absolute Gasteiger partial charge is 0.141 e. The van der Waals surface area contributed by atoms with E-state index in [-0.39, 0.29) is 6.10 Å². The summed E-state index contributed by atoms with van der Waals surface area (Å²) in [5.74, 6) is 0.748. The molecule has 0 saturated carbocycles. The third kappa shape index (κ3) is 3.61. The van der Waals surface area contributed by atoms with Crippen molar-refractivity contribution in [3.63, 3.8) is 0 Å². The molecular weight excluding hydrogens is 298 g/mol. The van der Waals surface area contributed by atoms with Crippen molar-refractivity contribution in [1.82, 2.24) is 5.32 Å². The third-order valence-corrected chi connectivity index (χ3v) is 4.06. The highest BCUT2D eigenvalue weighted by Gasteiger charge is 2.18. The Morgan fingerprint density at radius 3 is 2.77 bits per heavy atom. The molecule has 3 nitrogen and oxygen atoms in total. The van der Waals surface area contributed by atoms with Crippen molar-refractivity contribution < 1.29 is 9.47 Å². The molecule has 0 amide bonds. The van der Waals surface area contributed by atoms with E-state index >= 15 is 0 Å². The highest BCUT2D eigenvalue weighted by molar-refractivity contribution is 6.32. The average Bonchev–Trinajstić information content (AvgIpc) is 2.56. The number of benzene rings is 2. The van der Waals surface area contributed by atoms with Gasteiger partial charge in [-0.2, -0.15) is 0 Å². The third-order valence-electron chi connectivity index (χ3n) is 3.78. The molecule has 3 rings (SSSR count). The van der Waals surface area contributed by atoms with Gasteiger partial charge in [-0.25, -0.2) is 0 Å². The van der Waals surface area contributed by atoms with E-state index < -0.39 is 0 Å². The van der Waals surface area contributed by atoms with E-state index in [1.165, 1.54) is 0 Å². The Balaban J connectivity index is 1.74. The van der Waals surface area contributed by atoms with Gasteiger partial charge in [0.2, 0.25) is 0 Å². The fourth-order valence-electron chi connectivity index (χ4n) is 2.64. The summed E-state index contributed by atoms with van der Waals surface area (Å²) in [6.45, 7) is 4.99. The van der Waals surface area contributed by atoms with Gasteiger partial charge in [-0.15, -0.1) is 0 Å². The molecule has 2 aromatic rings. The second kappa shape index (κ2) is 7.14. The van der Waals surface area contributed by atoms with Gasteiger partial charge in [0, 0.05) is 13.1 Å². The topological polar surface area (TPSA) is 30.5 Å². The van der Waals surface area contributed by atoms with Gasteiger partial charge in [-0.1, -0.05) is 41.9 Å². The number of aryl methyl sites for hydroxylation is 1. The second-order valence-electron chi connectivity index (χ2n) is 5.49. The van der Waals surface area contributed by atoms with Crippen LogP contribution in [0, 0.1) is 6.92 Å². The Kier molecular flexibility index (Phi) is 4.98. The maximum Gasteiger partial charge on any atom is 0.141 e. The van der Waals surface area contributed by atoms with Crippen LogP contribution in [0.15, 0.2) is 42.5 Å².